The van der Waals surface area contributed by atoms with E-state index in [1.807, 2.05) is 0 Å². The van der Waals surface area contributed by atoms with Gasteiger partial charge in [-0.2, -0.15) is 0 Å². The maximum Gasteiger partial charge on any atom is -0.00139 e. The first-order valence-electron chi connectivity index (χ1n) is 9.62. The summed E-state index contributed by atoms with van der Waals surface area (Å²) < 4.78 is 0. The van der Waals surface area contributed by atoms with Crippen LogP contribution in [0, 0.1) is 6.07 Å². The van der Waals surface area contributed by atoms with Crippen LogP contribution in [-0.2, 0) is 0 Å². The Morgan fingerprint density at radius 1 is 0.429 bits per heavy atom. The molecular weight excluding hydrogens is 336 g/mol. The summed E-state index contributed by atoms with van der Waals surface area (Å²) in [4.78, 5) is 0. The summed E-state index contributed by atoms with van der Waals surface area (Å²) in [5, 5.41) is 10.1. The molecule has 129 valence electrons. The second-order valence-corrected chi connectivity index (χ2v) is 7.35. The summed E-state index contributed by atoms with van der Waals surface area (Å²) >= 11 is 0. The largest absolute Gasteiger partial charge is 0.0616 e. The number of hydrogen-bond acceptors (Lipinski definition) is 0. The van der Waals surface area contributed by atoms with Crippen LogP contribution in [0.2, 0.25) is 0 Å². The molecule has 1 radical (unpaired) electrons. The van der Waals surface area contributed by atoms with E-state index < -0.39 is 0 Å². The first-order valence-corrected chi connectivity index (χ1v) is 9.62. The molecule has 0 amide bonds. The molecule has 0 atom stereocenters. The van der Waals surface area contributed by atoms with Crippen LogP contribution < -0.4 is 0 Å². The Bertz CT molecular complexity index is 1510. The second-order valence-electron chi connectivity index (χ2n) is 7.35. The molecule has 0 aliphatic rings. The summed E-state index contributed by atoms with van der Waals surface area (Å²) in [7, 11) is 0. The van der Waals surface area contributed by atoms with Gasteiger partial charge in [0.1, 0.15) is 0 Å². The zero-order valence-electron chi connectivity index (χ0n) is 15.3. The Kier molecular flexibility index (Phi) is 3.27. The number of fused-ring (bicyclic) bond motifs is 5. The summed E-state index contributed by atoms with van der Waals surface area (Å²) in [6.45, 7) is 0. The van der Waals surface area contributed by atoms with Gasteiger partial charge < -0.3 is 0 Å². The number of rotatable bonds is 1. The quantitative estimate of drug-likeness (QED) is 0.209. The minimum atomic E-state index is 1.14. The SMILES string of the molecule is [c]1c(-c2cccc3cc4ccccc4cc23)ccc2c1ccc1ccccc12. The van der Waals surface area contributed by atoms with E-state index >= 15 is 0 Å². The molecule has 0 aliphatic heterocycles. The highest BCUT2D eigenvalue weighted by molar-refractivity contribution is 6.10. The molecule has 0 heteroatoms. The number of hydrogen-bond donors (Lipinski definition) is 0. The average Bonchev–Trinajstić information content (AvgIpc) is 2.76. The maximum atomic E-state index is 3.68. The van der Waals surface area contributed by atoms with E-state index in [1.165, 1.54) is 43.3 Å². The van der Waals surface area contributed by atoms with Crippen LogP contribution in [-0.4, -0.2) is 0 Å². The van der Waals surface area contributed by atoms with Crippen molar-refractivity contribution in [3.05, 3.63) is 109 Å². The van der Waals surface area contributed by atoms with Crippen molar-refractivity contribution in [1.29, 1.82) is 0 Å². The van der Waals surface area contributed by atoms with Gasteiger partial charge in [0.2, 0.25) is 0 Å². The molecule has 0 saturated heterocycles. The maximum absolute atomic E-state index is 3.68. The number of benzene rings is 6. The van der Waals surface area contributed by atoms with Gasteiger partial charge >= 0.3 is 0 Å². The van der Waals surface area contributed by atoms with E-state index in [4.69, 9.17) is 0 Å². The van der Waals surface area contributed by atoms with Gasteiger partial charge in [-0.05, 0) is 72.4 Å². The molecule has 0 N–H and O–H groups in total. The highest BCUT2D eigenvalue weighted by Gasteiger charge is 2.08. The fourth-order valence-corrected chi connectivity index (χ4v) is 4.30. The van der Waals surface area contributed by atoms with Crippen molar-refractivity contribution >= 4 is 43.1 Å². The van der Waals surface area contributed by atoms with Crippen molar-refractivity contribution in [3.63, 3.8) is 0 Å². The van der Waals surface area contributed by atoms with Crippen molar-refractivity contribution in [2.75, 3.05) is 0 Å². The Balaban J connectivity index is 1.63. The predicted octanol–water partition coefficient (Wildman–Crippen LogP) is 7.77. The molecule has 0 unspecified atom stereocenters. The van der Waals surface area contributed by atoms with Gasteiger partial charge in [-0.25, -0.2) is 0 Å². The first kappa shape index (κ1) is 15.4. The van der Waals surface area contributed by atoms with Crippen molar-refractivity contribution in [1.82, 2.24) is 0 Å². The molecule has 6 rings (SSSR count). The fourth-order valence-electron chi connectivity index (χ4n) is 4.30. The first-order chi connectivity index (χ1) is 13.9. The van der Waals surface area contributed by atoms with Crippen LogP contribution in [0.3, 0.4) is 0 Å². The van der Waals surface area contributed by atoms with Gasteiger partial charge in [-0.1, -0.05) is 91.0 Å². The lowest BCUT2D eigenvalue weighted by atomic mass is 9.93. The molecule has 0 bridgehead atoms. The van der Waals surface area contributed by atoms with E-state index in [9.17, 15) is 0 Å². The standard InChI is InChI=1S/C28H17/c1-2-8-21-18-28-22(16-20(21)7-1)9-5-11-26(28)24-14-15-27-23(17-24)13-12-19-6-3-4-10-25(19)27/h1-16,18H. The average molecular weight is 353 g/mol. The molecule has 0 heterocycles. The highest BCUT2D eigenvalue weighted by atomic mass is 14.1. The van der Waals surface area contributed by atoms with E-state index in [-0.39, 0.29) is 0 Å². The normalized spacial score (nSPS) is 11.6. The molecule has 6 aromatic rings. The van der Waals surface area contributed by atoms with Gasteiger partial charge in [0.05, 0.1) is 0 Å². The Hall–Kier alpha value is -3.64. The Labute approximate surface area is 163 Å². The Morgan fingerprint density at radius 2 is 1.18 bits per heavy atom. The van der Waals surface area contributed by atoms with E-state index in [1.54, 1.807) is 0 Å². The van der Waals surface area contributed by atoms with Gasteiger partial charge in [0, 0.05) is 0 Å². The van der Waals surface area contributed by atoms with Crippen LogP contribution in [0.5, 0.6) is 0 Å². The van der Waals surface area contributed by atoms with Crippen LogP contribution in [0.1, 0.15) is 0 Å². The minimum absolute atomic E-state index is 1.14. The lowest BCUT2D eigenvalue weighted by Crippen LogP contribution is -1.85. The predicted molar refractivity (Wildman–Crippen MR) is 121 cm³/mol. The van der Waals surface area contributed by atoms with Crippen LogP contribution in [0.4, 0.5) is 0 Å². The van der Waals surface area contributed by atoms with Gasteiger partial charge in [-0.3, -0.25) is 0 Å². The molecule has 0 aromatic heterocycles. The van der Waals surface area contributed by atoms with Crippen molar-refractivity contribution < 1.29 is 0 Å². The molecule has 0 fully saturated rings. The fraction of sp³-hybridized carbons (Fsp3) is 0. The highest BCUT2D eigenvalue weighted by Crippen LogP contribution is 2.34. The van der Waals surface area contributed by atoms with Crippen molar-refractivity contribution in [2.45, 2.75) is 0 Å². The molecule has 6 aromatic carbocycles. The monoisotopic (exact) mass is 353 g/mol. The molecule has 28 heavy (non-hydrogen) atoms. The van der Waals surface area contributed by atoms with E-state index in [2.05, 4.69) is 109 Å². The topological polar surface area (TPSA) is 0 Å². The van der Waals surface area contributed by atoms with Crippen molar-refractivity contribution in [3.8, 4) is 11.1 Å². The summed E-state index contributed by atoms with van der Waals surface area (Å²) in [6.07, 6.45) is 0. The van der Waals surface area contributed by atoms with Crippen molar-refractivity contribution in [2.24, 2.45) is 0 Å². The van der Waals surface area contributed by atoms with Crippen LogP contribution in [0.25, 0.3) is 54.2 Å². The smallest absolute Gasteiger partial charge is 0.00139 e. The minimum Gasteiger partial charge on any atom is -0.0616 e. The molecule has 0 aliphatic carbocycles. The zero-order valence-corrected chi connectivity index (χ0v) is 15.3. The Morgan fingerprint density at radius 3 is 2.07 bits per heavy atom. The lowest BCUT2D eigenvalue weighted by molar-refractivity contribution is 1.69. The van der Waals surface area contributed by atoms with Gasteiger partial charge in [-0.15, -0.1) is 0 Å². The van der Waals surface area contributed by atoms with E-state index in [0.29, 0.717) is 0 Å². The zero-order chi connectivity index (χ0) is 18.5. The van der Waals surface area contributed by atoms with Crippen LogP contribution >= 0.6 is 0 Å². The summed E-state index contributed by atoms with van der Waals surface area (Å²) in [5.74, 6) is 0. The van der Waals surface area contributed by atoms with Crippen LogP contribution in [0.15, 0.2) is 103 Å². The molecule has 0 nitrogen and oxygen atoms in total. The lowest BCUT2D eigenvalue weighted by Gasteiger charge is -2.10. The van der Waals surface area contributed by atoms with Gasteiger partial charge in [0.15, 0.2) is 0 Å². The third-order valence-electron chi connectivity index (χ3n) is 5.69. The summed E-state index contributed by atoms with van der Waals surface area (Å²) in [5.41, 5.74) is 2.38. The molecule has 0 spiro atoms. The van der Waals surface area contributed by atoms with E-state index in [0.717, 1.165) is 10.9 Å². The third kappa shape index (κ3) is 2.32. The molecular formula is C28H17. The summed E-state index contributed by atoms with van der Waals surface area (Å²) in [6, 6.07) is 40.7. The third-order valence-corrected chi connectivity index (χ3v) is 5.69. The molecule has 0 saturated carbocycles. The second kappa shape index (κ2) is 5.94. The van der Waals surface area contributed by atoms with Gasteiger partial charge in [0.25, 0.3) is 0 Å².